The van der Waals surface area contributed by atoms with Crippen molar-refractivity contribution < 1.29 is 4.79 Å². The minimum Gasteiger partial charge on any atom is -0.308 e. The highest BCUT2D eigenvalue weighted by molar-refractivity contribution is 6.06. The Kier molecular flexibility index (Phi) is 3.78. The molecule has 0 unspecified atom stereocenters. The second-order valence-corrected chi connectivity index (χ2v) is 5.87. The number of nitrogens with zero attached hydrogens (tertiary/aromatic N) is 1. The molecule has 0 N–H and O–H groups in total. The maximum atomic E-state index is 12.9. The molecule has 1 heterocycles. The van der Waals surface area contributed by atoms with Crippen molar-refractivity contribution in [1.82, 2.24) is 0 Å². The van der Waals surface area contributed by atoms with Crippen LogP contribution >= 0.6 is 0 Å². The van der Waals surface area contributed by atoms with E-state index in [2.05, 4.69) is 32.0 Å². The first-order chi connectivity index (χ1) is 10.2. The molecule has 0 fully saturated rings. The fourth-order valence-electron chi connectivity index (χ4n) is 3.31. The van der Waals surface area contributed by atoms with Crippen LogP contribution < -0.4 is 4.90 Å². The molecule has 0 aliphatic carbocycles. The first-order valence-corrected chi connectivity index (χ1v) is 7.65. The van der Waals surface area contributed by atoms with Gasteiger partial charge >= 0.3 is 0 Å². The third-order valence-corrected chi connectivity index (χ3v) is 4.37. The molecule has 3 rings (SSSR count). The predicted molar refractivity (Wildman–Crippen MR) is 86.9 cm³/mol. The number of aryl methyl sites for hydroxylation is 1. The topological polar surface area (TPSA) is 20.3 Å². The van der Waals surface area contributed by atoms with Gasteiger partial charge in [-0.05, 0) is 55.0 Å². The number of fused-ring (bicyclic) bond motifs is 1. The Morgan fingerprint density at radius 3 is 2.62 bits per heavy atom. The van der Waals surface area contributed by atoms with Crippen molar-refractivity contribution in [3.8, 4) is 0 Å². The zero-order valence-corrected chi connectivity index (χ0v) is 12.7. The zero-order valence-electron chi connectivity index (χ0n) is 12.7. The fourth-order valence-corrected chi connectivity index (χ4v) is 3.31. The molecule has 0 aromatic heterocycles. The highest BCUT2D eigenvalue weighted by Crippen LogP contribution is 2.36. The molecule has 108 valence electrons. The number of rotatable bonds is 1. The summed E-state index contributed by atoms with van der Waals surface area (Å²) in [5, 5.41) is 0. The molecule has 0 saturated carbocycles. The highest BCUT2D eigenvalue weighted by Gasteiger charge is 2.26. The summed E-state index contributed by atoms with van der Waals surface area (Å²) in [6.45, 7) is 5.21. The Bertz CT molecular complexity index is 648. The summed E-state index contributed by atoms with van der Waals surface area (Å²) in [6.07, 6.45) is 2.18. The molecule has 1 aliphatic heterocycles. The van der Waals surface area contributed by atoms with Gasteiger partial charge in [-0.3, -0.25) is 4.79 Å². The lowest BCUT2D eigenvalue weighted by molar-refractivity contribution is 0.0987. The summed E-state index contributed by atoms with van der Waals surface area (Å²) in [4.78, 5) is 14.8. The SMILES string of the molecule is Cc1cccc2c1[C@@H](C)CCCN2C(=O)c1ccccc1. The minimum absolute atomic E-state index is 0.108. The van der Waals surface area contributed by atoms with Crippen molar-refractivity contribution in [3.63, 3.8) is 0 Å². The lowest BCUT2D eigenvalue weighted by Gasteiger charge is -2.24. The second-order valence-electron chi connectivity index (χ2n) is 5.87. The van der Waals surface area contributed by atoms with Crippen LogP contribution in [0.1, 0.15) is 47.2 Å². The van der Waals surface area contributed by atoms with E-state index in [0.29, 0.717) is 5.92 Å². The van der Waals surface area contributed by atoms with Gasteiger partial charge < -0.3 is 4.90 Å². The molecule has 1 aliphatic rings. The second kappa shape index (κ2) is 5.72. The molecular formula is C19H21NO. The van der Waals surface area contributed by atoms with Gasteiger partial charge in [0.05, 0.1) is 0 Å². The predicted octanol–water partition coefficient (Wildman–Crippen LogP) is 4.54. The summed E-state index contributed by atoms with van der Waals surface area (Å²) in [6, 6.07) is 15.9. The van der Waals surface area contributed by atoms with Gasteiger partial charge in [0.25, 0.3) is 5.91 Å². The molecule has 2 heteroatoms. The average molecular weight is 279 g/mol. The van der Waals surface area contributed by atoms with E-state index in [-0.39, 0.29) is 5.91 Å². The lowest BCUT2D eigenvalue weighted by atomic mass is 9.92. The van der Waals surface area contributed by atoms with Crippen molar-refractivity contribution in [1.29, 1.82) is 0 Å². The van der Waals surface area contributed by atoms with Gasteiger partial charge in [0, 0.05) is 17.8 Å². The Labute approximate surface area is 126 Å². The monoisotopic (exact) mass is 279 g/mol. The number of amides is 1. The van der Waals surface area contributed by atoms with Gasteiger partial charge in [-0.15, -0.1) is 0 Å². The van der Waals surface area contributed by atoms with E-state index in [1.807, 2.05) is 35.2 Å². The standard InChI is InChI=1S/C19H21NO/c1-14-8-6-12-17-18(14)15(2)9-7-13-20(17)19(21)16-10-4-3-5-11-16/h3-6,8,10-12,15H,7,9,13H2,1-2H3/t15-/m0/s1. The molecule has 1 amide bonds. The quantitative estimate of drug-likeness (QED) is 0.750. The van der Waals surface area contributed by atoms with Gasteiger partial charge in [-0.1, -0.05) is 37.3 Å². The van der Waals surface area contributed by atoms with Crippen molar-refractivity contribution in [2.24, 2.45) is 0 Å². The molecule has 2 aromatic carbocycles. The normalized spacial score (nSPS) is 18.0. The minimum atomic E-state index is 0.108. The number of hydrogen-bond acceptors (Lipinski definition) is 1. The van der Waals surface area contributed by atoms with E-state index >= 15 is 0 Å². The van der Waals surface area contributed by atoms with Crippen LogP contribution in [0.5, 0.6) is 0 Å². The molecule has 0 spiro atoms. The highest BCUT2D eigenvalue weighted by atomic mass is 16.2. The van der Waals surface area contributed by atoms with Gasteiger partial charge in [-0.25, -0.2) is 0 Å². The van der Waals surface area contributed by atoms with Crippen LogP contribution in [0.3, 0.4) is 0 Å². The Morgan fingerprint density at radius 1 is 1.10 bits per heavy atom. The van der Waals surface area contributed by atoms with E-state index < -0.39 is 0 Å². The van der Waals surface area contributed by atoms with Crippen molar-refractivity contribution in [3.05, 3.63) is 65.2 Å². The third kappa shape index (κ3) is 2.58. The number of carbonyl (C=O) groups excluding carboxylic acids is 1. The largest absolute Gasteiger partial charge is 0.308 e. The van der Waals surface area contributed by atoms with Crippen LogP contribution in [-0.2, 0) is 0 Å². The summed E-state index contributed by atoms with van der Waals surface area (Å²) >= 11 is 0. The number of anilines is 1. The van der Waals surface area contributed by atoms with E-state index in [1.165, 1.54) is 11.1 Å². The summed E-state index contributed by atoms with van der Waals surface area (Å²) < 4.78 is 0. The molecule has 0 bridgehead atoms. The third-order valence-electron chi connectivity index (χ3n) is 4.37. The maximum Gasteiger partial charge on any atom is 0.258 e. The van der Waals surface area contributed by atoms with Gasteiger partial charge in [0.1, 0.15) is 0 Å². The Balaban J connectivity index is 2.06. The molecule has 0 saturated heterocycles. The van der Waals surface area contributed by atoms with E-state index in [1.54, 1.807) is 0 Å². The summed E-state index contributed by atoms with van der Waals surface area (Å²) in [5.74, 6) is 0.617. The Hall–Kier alpha value is -2.09. The fraction of sp³-hybridized carbons (Fsp3) is 0.316. The summed E-state index contributed by atoms with van der Waals surface area (Å²) in [5.41, 5.74) is 4.47. The van der Waals surface area contributed by atoms with Gasteiger partial charge in [0.2, 0.25) is 0 Å². The number of hydrogen-bond donors (Lipinski definition) is 0. The van der Waals surface area contributed by atoms with E-state index in [4.69, 9.17) is 0 Å². The van der Waals surface area contributed by atoms with Crippen molar-refractivity contribution in [2.45, 2.75) is 32.6 Å². The number of carbonyl (C=O) groups is 1. The van der Waals surface area contributed by atoms with Crippen LogP contribution in [-0.4, -0.2) is 12.5 Å². The smallest absolute Gasteiger partial charge is 0.258 e. The zero-order chi connectivity index (χ0) is 14.8. The average Bonchev–Trinajstić information content (AvgIpc) is 2.67. The molecular weight excluding hydrogens is 258 g/mol. The lowest BCUT2D eigenvalue weighted by Crippen LogP contribution is -2.31. The molecule has 21 heavy (non-hydrogen) atoms. The molecule has 1 atom stereocenters. The van der Waals surface area contributed by atoms with Crippen molar-refractivity contribution >= 4 is 11.6 Å². The molecule has 2 nitrogen and oxygen atoms in total. The molecule has 2 aromatic rings. The first-order valence-electron chi connectivity index (χ1n) is 7.65. The number of benzene rings is 2. The van der Waals surface area contributed by atoms with Crippen molar-refractivity contribution in [2.75, 3.05) is 11.4 Å². The first kappa shape index (κ1) is 13.9. The summed E-state index contributed by atoms with van der Waals surface area (Å²) in [7, 11) is 0. The van der Waals surface area contributed by atoms with Gasteiger partial charge in [0.15, 0.2) is 0 Å². The van der Waals surface area contributed by atoms with E-state index in [9.17, 15) is 4.79 Å². The van der Waals surface area contributed by atoms with Gasteiger partial charge in [-0.2, -0.15) is 0 Å². The van der Waals surface area contributed by atoms with Crippen LogP contribution in [0.4, 0.5) is 5.69 Å². The van der Waals surface area contributed by atoms with E-state index in [0.717, 1.165) is 30.6 Å². The van der Waals surface area contributed by atoms with Crippen LogP contribution in [0.25, 0.3) is 0 Å². The maximum absolute atomic E-state index is 12.9. The van der Waals surface area contributed by atoms with Crippen LogP contribution in [0.2, 0.25) is 0 Å². The Morgan fingerprint density at radius 2 is 1.86 bits per heavy atom. The van der Waals surface area contributed by atoms with Crippen LogP contribution in [0, 0.1) is 6.92 Å². The molecule has 0 radical (unpaired) electrons. The van der Waals surface area contributed by atoms with Crippen LogP contribution in [0.15, 0.2) is 48.5 Å².